The zero-order valence-electron chi connectivity index (χ0n) is 8.96. The summed E-state index contributed by atoms with van der Waals surface area (Å²) in [7, 11) is 0. The van der Waals surface area contributed by atoms with E-state index >= 15 is 0 Å². The fraction of sp³-hybridized carbons (Fsp3) is 0.154. The molecule has 81 valence electrons. The van der Waals surface area contributed by atoms with Crippen molar-refractivity contribution in [3.8, 4) is 0 Å². The van der Waals surface area contributed by atoms with Crippen LogP contribution in [0.1, 0.15) is 12.5 Å². The molecule has 0 bridgehead atoms. The first kappa shape index (κ1) is 10.6. The minimum atomic E-state index is -0.715. The second-order valence-corrected chi connectivity index (χ2v) is 3.78. The van der Waals surface area contributed by atoms with Gasteiger partial charge in [-0.05, 0) is 12.5 Å². The maximum Gasteiger partial charge on any atom is 0.248 e. The third-order valence-corrected chi connectivity index (χ3v) is 2.68. The summed E-state index contributed by atoms with van der Waals surface area (Å²) in [5.74, 6) is 0.770. The van der Waals surface area contributed by atoms with Gasteiger partial charge in [0.15, 0.2) is 0 Å². The van der Waals surface area contributed by atoms with E-state index in [1.807, 2.05) is 42.5 Å². The standard InChI is InChI=1S/C13H12NO2/c1-10-6-5-9-12(13(10)14(15)16)11-7-3-2-4-8-11/h2-9,13H,1H3. The predicted octanol–water partition coefficient (Wildman–Crippen LogP) is 2.88. The monoisotopic (exact) mass is 214 g/mol. The third kappa shape index (κ3) is 1.89. The van der Waals surface area contributed by atoms with E-state index in [0.717, 1.165) is 17.1 Å². The first-order valence-corrected chi connectivity index (χ1v) is 5.11. The van der Waals surface area contributed by atoms with Crippen molar-refractivity contribution in [1.29, 1.82) is 0 Å². The van der Waals surface area contributed by atoms with Gasteiger partial charge in [-0.1, -0.05) is 48.6 Å². The molecule has 0 fully saturated rings. The Morgan fingerprint density at radius 1 is 1.25 bits per heavy atom. The normalized spacial score (nSPS) is 20.6. The molecule has 3 heteroatoms. The molecule has 0 saturated carbocycles. The van der Waals surface area contributed by atoms with Crippen LogP contribution in [0.15, 0.2) is 48.6 Å². The smallest absolute Gasteiger partial charge is 0.248 e. The lowest BCUT2D eigenvalue weighted by molar-refractivity contribution is -0.499. The number of benzene rings is 1. The molecular weight excluding hydrogens is 202 g/mol. The summed E-state index contributed by atoms with van der Waals surface area (Å²) >= 11 is 0. The average molecular weight is 214 g/mol. The van der Waals surface area contributed by atoms with Gasteiger partial charge in [0.05, 0.1) is 5.92 Å². The Bertz CT molecular complexity index is 448. The van der Waals surface area contributed by atoms with E-state index in [-0.39, 0.29) is 4.92 Å². The molecular formula is C13H12NO2. The highest BCUT2D eigenvalue weighted by Crippen LogP contribution is 2.30. The second-order valence-electron chi connectivity index (χ2n) is 3.78. The van der Waals surface area contributed by atoms with Crippen LogP contribution in [0.3, 0.4) is 0 Å². The summed E-state index contributed by atoms with van der Waals surface area (Å²) in [4.78, 5) is 10.8. The summed E-state index contributed by atoms with van der Waals surface area (Å²) < 4.78 is 0. The van der Waals surface area contributed by atoms with Crippen molar-refractivity contribution in [2.75, 3.05) is 0 Å². The van der Waals surface area contributed by atoms with Gasteiger partial charge in [0.25, 0.3) is 0 Å². The zero-order chi connectivity index (χ0) is 11.5. The lowest BCUT2D eigenvalue weighted by Gasteiger charge is -2.19. The molecule has 1 aliphatic carbocycles. The Hall–Kier alpha value is -1.90. The van der Waals surface area contributed by atoms with E-state index in [0.29, 0.717) is 0 Å². The molecule has 3 nitrogen and oxygen atoms in total. The van der Waals surface area contributed by atoms with Gasteiger partial charge in [-0.15, -0.1) is 0 Å². The van der Waals surface area contributed by atoms with Crippen LogP contribution in [0.4, 0.5) is 0 Å². The second kappa shape index (κ2) is 4.31. The van der Waals surface area contributed by atoms with Crippen molar-refractivity contribution in [1.82, 2.24) is 0 Å². The third-order valence-electron chi connectivity index (χ3n) is 2.68. The largest absolute Gasteiger partial charge is 0.264 e. The number of nitrogens with zero attached hydrogens (tertiary/aromatic N) is 1. The number of nitro groups is 1. The first-order valence-electron chi connectivity index (χ1n) is 5.11. The van der Waals surface area contributed by atoms with Crippen LogP contribution in [0.2, 0.25) is 0 Å². The lowest BCUT2D eigenvalue weighted by atomic mass is 9.86. The maximum atomic E-state index is 11.1. The highest BCUT2D eigenvalue weighted by Gasteiger charge is 2.33. The van der Waals surface area contributed by atoms with Crippen molar-refractivity contribution in [2.45, 2.75) is 13.0 Å². The Labute approximate surface area is 94.3 Å². The van der Waals surface area contributed by atoms with Crippen molar-refractivity contribution in [3.05, 3.63) is 70.2 Å². The van der Waals surface area contributed by atoms with Gasteiger partial charge in [-0.25, -0.2) is 0 Å². The molecule has 1 atom stereocenters. The number of hydrogen-bond acceptors (Lipinski definition) is 2. The SMILES string of the molecule is C[C]1C=CC=C(c2ccccc2)C1[N+](=O)[O-]. The summed E-state index contributed by atoms with van der Waals surface area (Å²) in [6.45, 7) is 1.79. The summed E-state index contributed by atoms with van der Waals surface area (Å²) in [5, 5.41) is 11.1. The molecule has 1 aromatic rings. The molecule has 0 amide bonds. The molecule has 0 heterocycles. The summed E-state index contributed by atoms with van der Waals surface area (Å²) in [6.07, 6.45) is 5.47. The molecule has 0 aliphatic heterocycles. The van der Waals surface area contributed by atoms with Gasteiger partial charge in [-0.3, -0.25) is 10.1 Å². The average Bonchev–Trinajstić information content (AvgIpc) is 2.29. The molecule has 0 aromatic heterocycles. The van der Waals surface area contributed by atoms with Crippen molar-refractivity contribution < 1.29 is 4.92 Å². The molecule has 1 unspecified atom stereocenters. The predicted molar refractivity (Wildman–Crippen MR) is 63.3 cm³/mol. The van der Waals surface area contributed by atoms with E-state index in [2.05, 4.69) is 0 Å². The van der Waals surface area contributed by atoms with Gasteiger partial charge in [0, 0.05) is 10.5 Å². The van der Waals surface area contributed by atoms with Crippen LogP contribution in [0.25, 0.3) is 5.57 Å². The van der Waals surface area contributed by atoms with Crippen molar-refractivity contribution in [3.63, 3.8) is 0 Å². The zero-order valence-corrected chi connectivity index (χ0v) is 8.96. The molecule has 1 aliphatic rings. The lowest BCUT2D eigenvalue weighted by Crippen LogP contribution is -2.27. The van der Waals surface area contributed by atoms with E-state index in [9.17, 15) is 10.1 Å². The topological polar surface area (TPSA) is 43.1 Å². The van der Waals surface area contributed by atoms with Crippen molar-refractivity contribution in [2.24, 2.45) is 0 Å². The Morgan fingerprint density at radius 3 is 2.56 bits per heavy atom. The summed E-state index contributed by atoms with van der Waals surface area (Å²) in [6, 6.07) is 8.76. The minimum absolute atomic E-state index is 0.238. The molecule has 0 saturated heterocycles. The summed E-state index contributed by atoms with van der Waals surface area (Å²) in [5.41, 5.74) is 1.67. The van der Waals surface area contributed by atoms with Gasteiger partial charge in [-0.2, -0.15) is 0 Å². The van der Waals surface area contributed by atoms with Crippen LogP contribution < -0.4 is 0 Å². The van der Waals surface area contributed by atoms with Crippen LogP contribution in [0, 0.1) is 16.0 Å². The fourth-order valence-corrected chi connectivity index (χ4v) is 1.90. The number of allylic oxidation sites excluding steroid dienone is 2. The highest BCUT2D eigenvalue weighted by atomic mass is 16.6. The quantitative estimate of drug-likeness (QED) is 0.561. The van der Waals surface area contributed by atoms with Crippen LogP contribution in [0.5, 0.6) is 0 Å². The Kier molecular flexibility index (Phi) is 2.86. The van der Waals surface area contributed by atoms with Crippen LogP contribution in [-0.4, -0.2) is 11.0 Å². The van der Waals surface area contributed by atoms with E-state index in [1.54, 1.807) is 13.0 Å². The highest BCUT2D eigenvalue weighted by molar-refractivity contribution is 5.74. The minimum Gasteiger partial charge on any atom is -0.264 e. The van der Waals surface area contributed by atoms with Gasteiger partial charge in [0.2, 0.25) is 6.04 Å². The molecule has 2 rings (SSSR count). The van der Waals surface area contributed by atoms with E-state index in [4.69, 9.17) is 0 Å². The number of hydrogen-bond donors (Lipinski definition) is 0. The molecule has 16 heavy (non-hydrogen) atoms. The fourth-order valence-electron chi connectivity index (χ4n) is 1.90. The molecule has 0 spiro atoms. The van der Waals surface area contributed by atoms with Crippen LogP contribution >= 0.6 is 0 Å². The van der Waals surface area contributed by atoms with Gasteiger partial charge < -0.3 is 0 Å². The van der Waals surface area contributed by atoms with E-state index in [1.165, 1.54) is 0 Å². The first-order chi connectivity index (χ1) is 7.70. The maximum absolute atomic E-state index is 11.1. The molecule has 1 aromatic carbocycles. The Balaban J connectivity index is 2.42. The van der Waals surface area contributed by atoms with Crippen LogP contribution in [-0.2, 0) is 0 Å². The van der Waals surface area contributed by atoms with E-state index < -0.39 is 6.04 Å². The van der Waals surface area contributed by atoms with Gasteiger partial charge >= 0.3 is 0 Å². The number of rotatable bonds is 2. The molecule has 0 N–H and O–H groups in total. The van der Waals surface area contributed by atoms with Gasteiger partial charge in [0.1, 0.15) is 0 Å². The van der Waals surface area contributed by atoms with Crippen molar-refractivity contribution >= 4 is 5.57 Å². The molecule has 1 radical (unpaired) electrons. The Morgan fingerprint density at radius 2 is 1.94 bits per heavy atom.